The molecule has 0 aromatic heterocycles. The van der Waals surface area contributed by atoms with E-state index in [1.165, 1.54) is 12.8 Å². The molecule has 0 radical (unpaired) electrons. The van der Waals surface area contributed by atoms with Gasteiger partial charge in [-0.1, -0.05) is 0 Å². The molecular weight excluding hydrogens is 202 g/mol. The van der Waals surface area contributed by atoms with Gasteiger partial charge in [0, 0.05) is 32.3 Å². The standard InChI is InChI=1S/C12H23N3O/c1-11(5-6-13)15(8-9-16-2)10-12-4-3-7-14-12/h11-12,14H,3-5,7-10H2,1-2H3. The smallest absolute Gasteiger partial charge is 0.0638 e. The Hall–Kier alpha value is -0.630. The van der Waals surface area contributed by atoms with Gasteiger partial charge in [-0.25, -0.2) is 0 Å². The third-order valence-electron chi connectivity index (χ3n) is 3.21. The number of ether oxygens (including phenoxy) is 1. The van der Waals surface area contributed by atoms with Crippen LogP contribution in [-0.2, 0) is 4.74 Å². The number of nitrogens with zero attached hydrogens (tertiary/aromatic N) is 2. The van der Waals surface area contributed by atoms with E-state index in [9.17, 15) is 0 Å². The van der Waals surface area contributed by atoms with E-state index in [-0.39, 0.29) is 0 Å². The molecule has 1 aliphatic heterocycles. The molecule has 0 saturated carbocycles. The van der Waals surface area contributed by atoms with Gasteiger partial charge in [-0.05, 0) is 26.3 Å². The average molecular weight is 225 g/mol. The van der Waals surface area contributed by atoms with E-state index >= 15 is 0 Å². The summed E-state index contributed by atoms with van der Waals surface area (Å²) in [5, 5.41) is 12.2. The lowest BCUT2D eigenvalue weighted by Gasteiger charge is -2.29. The van der Waals surface area contributed by atoms with Gasteiger partial charge in [0.2, 0.25) is 0 Å². The summed E-state index contributed by atoms with van der Waals surface area (Å²) in [6.07, 6.45) is 3.12. The fourth-order valence-corrected chi connectivity index (χ4v) is 2.16. The quantitative estimate of drug-likeness (QED) is 0.702. The molecule has 2 atom stereocenters. The summed E-state index contributed by atoms with van der Waals surface area (Å²) in [5.74, 6) is 0. The van der Waals surface area contributed by atoms with Crippen LogP contribution in [0.25, 0.3) is 0 Å². The molecule has 1 rings (SSSR count). The van der Waals surface area contributed by atoms with E-state index in [4.69, 9.17) is 10.00 Å². The van der Waals surface area contributed by atoms with Crippen LogP contribution in [0.2, 0.25) is 0 Å². The summed E-state index contributed by atoms with van der Waals surface area (Å²) in [5.41, 5.74) is 0. The zero-order valence-electron chi connectivity index (χ0n) is 10.4. The van der Waals surface area contributed by atoms with Gasteiger partial charge >= 0.3 is 0 Å². The minimum Gasteiger partial charge on any atom is -0.383 e. The highest BCUT2D eigenvalue weighted by Gasteiger charge is 2.20. The molecule has 0 aromatic carbocycles. The highest BCUT2D eigenvalue weighted by Crippen LogP contribution is 2.10. The Morgan fingerprint density at radius 2 is 2.44 bits per heavy atom. The molecule has 0 amide bonds. The maximum Gasteiger partial charge on any atom is 0.0638 e. The highest BCUT2D eigenvalue weighted by molar-refractivity contribution is 4.84. The molecule has 0 aliphatic carbocycles. The van der Waals surface area contributed by atoms with Crippen LogP contribution in [0.3, 0.4) is 0 Å². The number of hydrogen-bond acceptors (Lipinski definition) is 4. The molecule has 1 heterocycles. The van der Waals surface area contributed by atoms with Crippen LogP contribution in [0.1, 0.15) is 26.2 Å². The molecule has 4 nitrogen and oxygen atoms in total. The first kappa shape index (κ1) is 13.4. The fourth-order valence-electron chi connectivity index (χ4n) is 2.16. The third-order valence-corrected chi connectivity index (χ3v) is 3.21. The van der Waals surface area contributed by atoms with Crippen molar-refractivity contribution >= 4 is 0 Å². The van der Waals surface area contributed by atoms with E-state index in [1.807, 2.05) is 0 Å². The molecule has 1 fully saturated rings. The first-order valence-electron chi connectivity index (χ1n) is 6.11. The number of hydrogen-bond donors (Lipinski definition) is 1. The lowest BCUT2D eigenvalue weighted by atomic mass is 10.1. The van der Waals surface area contributed by atoms with E-state index in [0.717, 1.165) is 26.2 Å². The molecule has 4 heteroatoms. The molecule has 92 valence electrons. The Bertz CT molecular complexity index is 221. The van der Waals surface area contributed by atoms with E-state index in [1.54, 1.807) is 7.11 Å². The van der Waals surface area contributed by atoms with E-state index < -0.39 is 0 Å². The van der Waals surface area contributed by atoms with Crippen LogP contribution in [0.4, 0.5) is 0 Å². The van der Waals surface area contributed by atoms with Crippen molar-refractivity contribution in [2.24, 2.45) is 0 Å². The van der Waals surface area contributed by atoms with Crippen molar-refractivity contribution in [3.05, 3.63) is 0 Å². The summed E-state index contributed by atoms with van der Waals surface area (Å²) >= 11 is 0. The second-order valence-corrected chi connectivity index (χ2v) is 4.49. The topological polar surface area (TPSA) is 48.3 Å². The lowest BCUT2D eigenvalue weighted by molar-refractivity contribution is 0.119. The zero-order chi connectivity index (χ0) is 11.8. The van der Waals surface area contributed by atoms with Gasteiger partial charge in [-0.3, -0.25) is 4.90 Å². The maximum absolute atomic E-state index is 8.75. The largest absolute Gasteiger partial charge is 0.383 e. The van der Waals surface area contributed by atoms with Gasteiger partial charge in [0.1, 0.15) is 0 Å². The van der Waals surface area contributed by atoms with Gasteiger partial charge in [0.15, 0.2) is 0 Å². The third kappa shape index (κ3) is 4.48. The normalized spacial score (nSPS) is 22.2. The van der Waals surface area contributed by atoms with Crippen LogP contribution in [0.15, 0.2) is 0 Å². The molecule has 16 heavy (non-hydrogen) atoms. The van der Waals surface area contributed by atoms with Gasteiger partial charge < -0.3 is 10.1 Å². The number of nitrogens with one attached hydrogen (secondary N) is 1. The van der Waals surface area contributed by atoms with Gasteiger partial charge in [0.05, 0.1) is 19.1 Å². The predicted octanol–water partition coefficient (Wildman–Crippen LogP) is 0.989. The second-order valence-electron chi connectivity index (χ2n) is 4.49. The molecule has 1 aliphatic rings. The molecule has 2 unspecified atom stereocenters. The van der Waals surface area contributed by atoms with Crippen LogP contribution < -0.4 is 5.32 Å². The predicted molar refractivity (Wildman–Crippen MR) is 64.2 cm³/mol. The monoisotopic (exact) mass is 225 g/mol. The summed E-state index contributed by atoms with van der Waals surface area (Å²) < 4.78 is 5.12. The molecular formula is C12H23N3O. The first-order valence-corrected chi connectivity index (χ1v) is 6.11. The Labute approximate surface area is 98.6 Å². The average Bonchev–Trinajstić information content (AvgIpc) is 2.77. The number of nitriles is 1. The molecule has 0 aromatic rings. The Morgan fingerprint density at radius 3 is 3.00 bits per heavy atom. The number of rotatable bonds is 7. The van der Waals surface area contributed by atoms with Crippen LogP contribution in [0.5, 0.6) is 0 Å². The van der Waals surface area contributed by atoms with Crippen molar-refractivity contribution in [3.63, 3.8) is 0 Å². The van der Waals surface area contributed by atoms with Crippen molar-refractivity contribution in [1.29, 1.82) is 5.26 Å². The van der Waals surface area contributed by atoms with Crippen molar-refractivity contribution in [3.8, 4) is 6.07 Å². The Balaban J connectivity index is 2.38. The summed E-state index contributed by atoms with van der Waals surface area (Å²) in [4.78, 5) is 2.36. The first-order chi connectivity index (χ1) is 7.77. The van der Waals surface area contributed by atoms with E-state index in [0.29, 0.717) is 18.5 Å². The lowest BCUT2D eigenvalue weighted by Crippen LogP contribution is -2.43. The second kappa shape index (κ2) is 7.61. The summed E-state index contributed by atoms with van der Waals surface area (Å²) in [6, 6.07) is 3.16. The van der Waals surface area contributed by atoms with Crippen LogP contribution >= 0.6 is 0 Å². The fraction of sp³-hybridized carbons (Fsp3) is 0.917. The summed E-state index contributed by atoms with van der Waals surface area (Å²) in [6.45, 7) is 5.94. The Morgan fingerprint density at radius 1 is 1.62 bits per heavy atom. The SMILES string of the molecule is COCCN(CC1CCCN1)C(C)CC#N. The van der Waals surface area contributed by atoms with Gasteiger partial charge in [-0.15, -0.1) is 0 Å². The minimum absolute atomic E-state index is 0.322. The van der Waals surface area contributed by atoms with E-state index in [2.05, 4.69) is 23.2 Å². The Kier molecular flexibility index (Phi) is 6.39. The van der Waals surface area contributed by atoms with Gasteiger partial charge in [0.25, 0.3) is 0 Å². The van der Waals surface area contributed by atoms with Crippen molar-refractivity contribution in [1.82, 2.24) is 10.2 Å². The van der Waals surface area contributed by atoms with Crippen molar-refractivity contribution in [2.45, 2.75) is 38.3 Å². The van der Waals surface area contributed by atoms with Crippen LogP contribution in [0, 0.1) is 11.3 Å². The number of methoxy groups -OCH3 is 1. The van der Waals surface area contributed by atoms with Crippen LogP contribution in [-0.4, -0.2) is 50.3 Å². The molecule has 1 N–H and O–H groups in total. The molecule has 0 spiro atoms. The molecule has 0 bridgehead atoms. The molecule has 1 saturated heterocycles. The summed E-state index contributed by atoms with van der Waals surface area (Å²) in [7, 11) is 1.72. The van der Waals surface area contributed by atoms with Crippen molar-refractivity contribution in [2.75, 3.05) is 33.4 Å². The minimum atomic E-state index is 0.322. The maximum atomic E-state index is 8.75. The highest BCUT2D eigenvalue weighted by atomic mass is 16.5. The zero-order valence-corrected chi connectivity index (χ0v) is 10.4. The van der Waals surface area contributed by atoms with Crippen molar-refractivity contribution < 1.29 is 4.74 Å². The van der Waals surface area contributed by atoms with Gasteiger partial charge in [-0.2, -0.15) is 5.26 Å².